The highest BCUT2D eigenvalue weighted by Crippen LogP contribution is 2.27. The Morgan fingerprint density at radius 3 is 2.23 bits per heavy atom. The van der Waals surface area contributed by atoms with Crippen molar-refractivity contribution < 1.29 is 9.59 Å². The maximum Gasteiger partial charge on any atom is 0.161 e. The molecular weight excluding hydrogens is 394 g/mol. The highest BCUT2D eigenvalue weighted by molar-refractivity contribution is 7.16. The fourth-order valence-corrected chi connectivity index (χ4v) is 3.97. The van der Waals surface area contributed by atoms with Crippen LogP contribution in [-0.4, -0.2) is 55.7 Å². The summed E-state index contributed by atoms with van der Waals surface area (Å²) in [5.41, 5.74) is 2.35. The number of rotatable bonds is 7. The number of aldehydes is 1. The predicted octanol–water partition coefficient (Wildman–Crippen LogP) is 5.24. The monoisotopic (exact) mass is 431 g/mol. The number of aromatic nitrogens is 1. The summed E-state index contributed by atoms with van der Waals surface area (Å²) in [7, 11) is 3.75. The lowest BCUT2D eigenvalue weighted by Crippen LogP contribution is -2.20. The molecule has 0 aliphatic carbocycles. The van der Waals surface area contributed by atoms with Gasteiger partial charge >= 0.3 is 0 Å². The van der Waals surface area contributed by atoms with E-state index in [9.17, 15) is 9.59 Å². The number of carbonyl (C=O) groups is 2. The first-order chi connectivity index (χ1) is 14.5. The Labute approximate surface area is 185 Å². The van der Waals surface area contributed by atoms with Crippen molar-refractivity contribution in [3.8, 4) is 10.6 Å². The molecule has 6 heteroatoms. The van der Waals surface area contributed by atoms with Crippen molar-refractivity contribution in [1.29, 1.82) is 0 Å². The van der Waals surface area contributed by atoms with Gasteiger partial charge in [0, 0.05) is 11.1 Å². The molecule has 3 rings (SSSR count). The molecule has 166 valence electrons. The largest absolute Gasteiger partial charge is 0.323 e. The lowest BCUT2D eigenvalue weighted by molar-refractivity contribution is 0.101. The van der Waals surface area contributed by atoms with Crippen molar-refractivity contribution in [2.45, 2.75) is 52.9 Å². The topological polar surface area (TPSA) is 62.3 Å². The number of aryl methyl sites for hydroxylation is 1. The molecule has 2 aromatic rings. The zero-order valence-corrected chi connectivity index (χ0v) is 20.0. The average molecular weight is 432 g/mol. The maximum absolute atomic E-state index is 11.1. The van der Waals surface area contributed by atoms with Crippen molar-refractivity contribution in [3.05, 3.63) is 40.4 Å². The van der Waals surface area contributed by atoms with Crippen LogP contribution in [0.3, 0.4) is 0 Å². The third-order valence-corrected chi connectivity index (χ3v) is 5.89. The molecule has 1 fully saturated rings. The van der Waals surface area contributed by atoms with E-state index in [4.69, 9.17) is 0 Å². The van der Waals surface area contributed by atoms with E-state index in [1.807, 2.05) is 33.2 Å². The summed E-state index contributed by atoms with van der Waals surface area (Å²) in [5.74, 6) is 0.0421. The van der Waals surface area contributed by atoms with Gasteiger partial charge in [0.05, 0.1) is 10.6 Å². The normalized spacial score (nSPS) is 13.1. The zero-order valence-electron chi connectivity index (χ0n) is 19.2. The first-order valence-electron chi connectivity index (χ1n) is 10.8. The van der Waals surface area contributed by atoms with Gasteiger partial charge in [0.25, 0.3) is 0 Å². The molecule has 1 aromatic heterocycles. The Morgan fingerprint density at radius 2 is 1.77 bits per heavy atom. The molecule has 0 radical (unpaired) electrons. The van der Waals surface area contributed by atoms with Crippen LogP contribution in [0.25, 0.3) is 10.6 Å². The van der Waals surface area contributed by atoms with Crippen molar-refractivity contribution in [3.63, 3.8) is 0 Å². The standard InChI is InChI=1S/C13H11NO2S.C9H19N.C2H7N/c1-8-12(7-15)17-13(14-8)11-5-3-10(4-6-11)9(2)16;1-2-3-4-7-10-8-5-6-9-10;1-3-2/h3-7H,1-2H3;2-9H2,1H3;3H,1-2H3. The molecule has 0 unspecified atom stereocenters. The third kappa shape index (κ3) is 9.28. The summed E-state index contributed by atoms with van der Waals surface area (Å²) in [6.07, 6.45) is 7.87. The zero-order chi connectivity index (χ0) is 22.4. The smallest absolute Gasteiger partial charge is 0.161 e. The summed E-state index contributed by atoms with van der Waals surface area (Å²) in [6, 6.07) is 7.25. The molecule has 1 aliphatic heterocycles. The van der Waals surface area contributed by atoms with E-state index in [2.05, 4.69) is 22.1 Å². The minimum atomic E-state index is 0.0421. The molecule has 0 spiro atoms. The molecule has 0 amide bonds. The number of thiazole rings is 1. The first kappa shape index (κ1) is 26.1. The number of hydrogen-bond acceptors (Lipinski definition) is 6. The minimum absolute atomic E-state index is 0.0421. The summed E-state index contributed by atoms with van der Waals surface area (Å²) in [5, 5.41) is 3.56. The second kappa shape index (κ2) is 15.0. The second-order valence-corrected chi connectivity index (χ2v) is 8.51. The molecule has 0 atom stereocenters. The fourth-order valence-electron chi connectivity index (χ4n) is 3.08. The number of nitrogens with zero attached hydrogens (tertiary/aromatic N) is 2. The van der Waals surface area contributed by atoms with Gasteiger partial charge in [-0.1, -0.05) is 44.0 Å². The lowest BCUT2D eigenvalue weighted by Gasteiger charge is -2.12. The van der Waals surface area contributed by atoms with Crippen molar-refractivity contribution in [1.82, 2.24) is 15.2 Å². The van der Waals surface area contributed by atoms with E-state index < -0.39 is 0 Å². The molecule has 0 saturated carbocycles. The van der Waals surface area contributed by atoms with Gasteiger partial charge in [0.2, 0.25) is 0 Å². The minimum Gasteiger partial charge on any atom is -0.323 e. The van der Waals surface area contributed by atoms with E-state index in [1.54, 1.807) is 12.1 Å². The molecule has 1 N–H and O–H groups in total. The molecule has 1 aliphatic rings. The van der Waals surface area contributed by atoms with Crippen LogP contribution in [-0.2, 0) is 0 Å². The number of ketones is 1. The van der Waals surface area contributed by atoms with Gasteiger partial charge in [0.1, 0.15) is 5.01 Å². The van der Waals surface area contributed by atoms with Crippen LogP contribution >= 0.6 is 11.3 Å². The first-order valence-corrected chi connectivity index (χ1v) is 11.6. The Balaban J connectivity index is 0.000000294. The van der Waals surface area contributed by atoms with Crippen LogP contribution in [0.5, 0.6) is 0 Å². The van der Waals surface area contributed by atoms with E-state index in [-0.39, 0.29) is 5.78 Å². The number of Topliss-reactive ketones (excluding diaryl/α,β-unsaturated/α-hetero) is 1. The summed E-state index contributed by atoms with van der Waals surface area (Å²) >= 11 is 1.36. The molecule has 0 bridgehead atoms. The van der Waals surface area contributed by atoms with Crippen LogP contribution in [0.2, 0.25) is 0 Å². The van der Waals surface area contributed by atoms with Gasteiger partial charge in [0.15, 0.2) is 12.1 Å². The van der Waals surface area contributed by atoms with Gasteiger partial charge in [-0.25, -0.2) is 4.98 Å². The number of hydrogen-bond donors (Lipinski definition) is 1. The van der Waals surface area contributed by atoms with Crippen molar-refractivity contribution >= 4 is 23.4 Å². The summed E-state index contributed by atoms with van der Waals surface area (Å²) < 4.78 is 0. The lowest BCUT2D eigenvalue weighted by atomic mass is 10.1. The van der Waals surface area contributed by atoms with E-state index in [0.717, 1.165) is 22.6 Å². The van der Waals surface area contributed by atoms with Gasteiger partial charge in [-0.2, -0.15) is 0 Å². The highest BCUT2D eigenvalue weighted by atomic mass is 32.1. The Hall–Kier alpha value is -1.89. The third-order valence-electron chi connectivity index (χ3n) is 4.75. The summed E-state index contributed by atoms with van der Waals surface area (Å²) in [6.45, 7) is 9.70. The van der Waals surface area contributed by atoms with Crippen molar-refractivity contribution in [2.75, 3.05) is 33.7 Å². The van der Waals surface area contributed by atoms with E-state index in [0.29, 0.717) is 10.4 Å². The van der Waals surface area contributed by atoms with E-state index >= 15 is 0 Å². The second-order valence-electron chi connectivity index (χ2n) is 7.48. The van der Waals surface area contributed by atoms with Crippen molar-refractivity contribution in [2.24, 2.45) is 0 Å². The predicted molar refractivity (Wildman–Crippen MR) is 128 cm³/mol. The highest BCUT2D eigenvalue weighted by Gasteiger charge is 2.10. The average Bonchev–Trinajstić information content (AvgIpc) is 3.39. The number of nitrogens with one attached hydrogen (secondary N) is 1. The fraction of sp³-hybridized carbons (Fsp3) is 0.542. The maximum atomic E-state index is 11.1. The van der Waals surface area contributed by atoms with Gasteiger partial charge in [-0.15, -0.1) is 11.3 Å². The molecule has 1 aromatic carbocycles. The van der Waals surface area contributed by atoms with Crippen LogP contribution in [0.1, 0.15) is 71.7 Å². The number of carbonyl (C=O) groups excluding carboxylic acids is 2. The van der Waals surface area contributed by atoms with Crippen LogP contribution in [0.15, 0.2) is 24.3 Å². The number of unbranched alkanes of at least 4 members (excludes halogenated alkanes) is 2. The Bertz CT molecular complexity index is 750. The van der Waals surface area contributed by atoms with Gasteiger partial charge in [-0.05, 0) is 66.8 Å². The van der Waals surface area contributed by atoms with Gasteiger partial charge < -0.3 is 10.2 Å². The summed E-state index contributed by atoms with van der Waals surface area (Å²) in [4.78, 5) is 29.4. The van der Waals surface area contributed by atoms with Crippen LogP contribution in [0, 0.1) is 6.92 Å². The van der Waals surface area contributed by atoms with Crippen LogP contribution in [0.4, 0.5) is 0 Å². The van der Waals surface area contributed by atoms with Gasteiger partial charge in [-0.3, -0.25) is 9.59 Å². The number of likely N-dealkylation sites (tertiary alicyclic amines) is 1. The molecule has 1 saturated heterocycles. The Kier molecular flexibility index (Phi) is 13.1. The molecular formula is C24H37N3O2S. The van der Waals surface area contributed by atoms with Crippen LogP contribution < -0.4 is 5.32 Å². The SMILES string of the molecule is CC(=O)c1ccc(-c2nc(C)c(C=O)s2)cc1.CCCCCN1CCCC1.CNC. The van der Waals surface area contributed by atoms with E-state index in [1.165, 1.54) is 70.0 Å². The molecule has 5 nitrogen and oxygen atoms in total. The quantitative estimate of drug-likeness (QED) is 0.369. The Morgan fingerprint density at radius 1 is 1.17 bits per heavy atom. The number of benzene rings is 1. The molecule has 30 heavy (non-hydrogen) atoms. The molecule has 2 heterocycles.